The van der Waals surface area contributed by atoms with Gasteiger partial charge >= 0.3 is 0 Å². The molecule has 27 heavy (non-hydrogen) atoms. The van der Waals surface area contributed by atoms with Crippen LogP contribution in [0, 0.1) is 29.6 Å². The van der Waals surface area contributed by atoms with Crippen molar-refractivity contribution in [3.63, 3.8) is 0 Å². The molecule has 2 rings (SSSR count). The van der Waals surface area contributed by atoms with Crippen molar-refractivity contribution in [2.45, 2.75) is 92.7 Å². The van der Waals surface area contributed by atoms with Crippen LogP contribution in [0.5, 0.6) is 0 Å². The van der Waals surface area contributed by atoms with Gasteiger partial charge in [0.15, 0.2) is 5.78 Å². The van der Waals surface area contributed by atoms with Crippen LogP contribution >= 0.6 is 0 Å². The van der Waals surface area contributed by atoms with Gasteiger partial charge in [0.05, 0.1) is 6.04 Å². The van der Waals surface area contributed by atoms with Gasteiger partial charge in [-0.25, -0.2) is 0 Å². The van der Waals surface area contributed by atoms with Crippen molar-refractivity contribution in [2.75, 3.05) is 26.2 Å². The van der Waals surface area contributed by atoms with Crippen molar-refractivity contribution in [3.8, 4) is 0 Å². The van der Waals surface area contributed by atoms with Crippen LogP contribution in [0.1, 0.15) is 80.6 Å². The van der Waals surface area contributed by atoms with Gasteiger partial charge in [0.25, 0.3) is 0 Å². The van der Waals surface area contributed by atoms with E-state index in [-0.39, 0.29) is 6.04 Å². The molecule has 0 N–H and O–H groups in total. The minimum Gasteiger partial charge on any atom is -0.298 e. The molecule has 2 aliphatic rings. The van der Waals surface area contributed by atoms with Gasteiger partial charge in [0.1, 0.15) is 0 Å². The molecule has 158 valence electrons. The second-order valence-electron chi connectivity index (χ2n) is 10.2. The summed E-state index contributed by atoms with van der Waals surface area (Å²) in [7, 11) is 0. The van der Waals surface area contributed by atoms with Gasteiger partial charge in [0, 0.05) is 12.5 Å². The smallest absolute Gasteiger partial charge is 0.151 e. The second kappa shape index (κ2) is 10.4. The molecule has 0 aromatic heterocycles. The van der Waals surface area contributed by atoms with Crippen LogP contribution in [-0.2, 0) is 4.79 Å². The average Bonchev–Trinajstić information content (AvgIpc) is 2.65. The summed E-state index contributed by atoms with van der Waals surface area (Å²) in [6, 6.07) is 0.472. The number of ketones is 1. The lowest BCUT2D eigenvalue weighted by Crippen LogP contribution is -2.60. The van der Waals surface area contributed by atoms with Crippen LogP contribution in [0.4, 0.5) is 0 Å². The first-order valence-electron chi connectivity index (χ1n) is 11.8. The van der Waals surface area contributed by atoms with E-state index in [1.807, 2.05) is 0 Å². The normalized spacial score (nSPS) is 24.1. The van der Waals surface area contributed by atoms with Crippen molar-refractivity contribution < 1.29 is 4.79 Å². The molecule has 0 aromatic rings. The summed E-state index contributed by atoms with van der Waals surface area (Å²) >= 11 is 0. The Kier molecular flexibility index (Phi) is 8.80. The highest BCUT2D eigenvalue weighted by Gasteiger charge is 2.40. The summed E-state index contributed by atoms with van der Waals surface area (Å²) in [6.45, 7) is 20.7. The molecule has 2 atom stereocenters. The number of nitrogens with zero attached hydrogens (tertiary/aromatic N) is 2. The van der Waals surface area contributed by atoms with Crippen molar-refractivity contribution in [2.24, 2.45) is 29.6 Å². The van der Waals surface area contributed by atoms with E-state index >= 15 is 0 Å². The van der Waals surface area contributed by atoms with Gasteiger partial charge in [0.2, 0.25) is 0 Å². The van der Waals surface area contributed by atoms with Crippen LogP contribution in [-0.4, -0.2) is 53.8 Å². The number of carbonyl (C=O) groups is 1. The summed E-state index contributed by atoms with van der Waals surface area (Å²) < 4.78 is 0. The molecular weight excluding hydrogens is 332 g/mol. The molecule has 2 fully saturated rings. The third-order valence-electron chi connectivity index (χ3n) is 7.53. The molecule has 0 radical (unpaired) electrons. The Labute approximate surface area is 169 Å². The molecule has 3 heteroatoms. The number of hydrogen-bond donors (Lipinski definition) is 0. The first kappa shape index (κ1) is 22.9. The van der Waals surface area contributed by atoms with E-state index in [0.29, 0.717) is 24.2 Å². The highest BCUT2D eigenvalue weighted by molar-refractivity contribution is 5.84. The average molecular weight is 379 g/mol. The zero-order valence-corrected chi connectivity index (χ0v) is 19.2. The third-order valence-corrected chi connectivity index (χ3v) is 7.53. The second-order valence-corrected chi connectivity index (χ2v) is 10.2. The molecule has 2 unspecified atom stereocenters. The first-order chi connectivity index (χ1) is 12.8. The fraction of sp³-hybridized carbons (Fsp3) is 0.958. The van der Waals surface area contributed by atoms with Gasteiger partial charge in [-0.2, -0.15) is 0 Å². The molecule has 2 aliphatic heterocycles. The number of Topliss-reactive ketones (excluding diaryl/α,β-unsaturated/α-hetero) is 1. The third kappa shape index (κ3) is 5.79. The van der Waals surface area contributed by atoms with Crippen LogP contribution < -0.4 is 0 Å². The van der Waals surface area contributed by atoms with E-state index in [2.05, 4.69) is 58.3 Å². The lowest BCUT2D eigenvalue weighted by molar-refractivity contribution is -0.129. The number of hydrogen-bond acceptors (Lipinski definition) is 3. The van der Waals surface area contributed by atoms with E-state index < -0.39 is 0 Å². The van der Waals surface area contributed by atoms with Gasteiger partial charge < -0.3 is 0 Å². The summed E-state index contributed by atoms with van der Waals surface area (Å²) in [5, 5.41) is 0. The molecule has 0 aliphatic carbocycles. The summed E-state index contributed by atoms with van der Waals surface area (Å²) in [4.78, 5) is 18.4. The van der Waals surface area contributed by atoms with Crippen molar-refractivity contribution in [1.82, 2.24) is 9.80 Å². The minimum absolute atomic E-state index is 0.0960. The van der Waals surface area contributed by atoms with Crippen LogP contribution in [0.2, 0.25) is 0 Å². The highest BCUT2D eigenvalue weighted by Crippen LogP contribution is 2.32. The monoisotopic (exact) mass is 378 g/mol. The Morgan fingerprint density at radius 2 is 1.19 bits per heavy atom. The van der Waals surface area contributed by atoms with E-state index in [1.54, 1.807) is 0 Å². The van der Waals surface area contributed by atoms with Crippen LogP contribution in [0.3, 0.4) is 0 Å². The topological polar surface area (TPSA) is 23.6 Å². The minimum atomic E-state index is 0.0960. The van der Waals surface area contributed by atoms with E-state index in [1.165, 1.54) is 38.8 Å². The Hall–Kier alpha value is -0.410. The molecular formula is C24H46N2O. The van der Waals surface area contributed by atoms with E-state index in [4.69, 9.17) is 0 Å². The predicted molar refractivity (Wildman–Crippen MR) is 116 cm³/mol. The summed E-state index contributed by atoms with van der Waals surface area (Å²) in [5.41, 5.74) is 0. The standard InChI is InChI=1S/C24H46N2O/c1-8-22(27)24(26-15-11-21(12-16-26)18(4)5)23(19(6)7)25-13-9-20(10-14-25)17(2)3/h17-21,23-24H,8-16H2,1-7H3. The maximum atomic E-state index is 13.1. The zero-order chi connectivity index (χ0) is 20.1. The summed E-state index contributed by atoms with van der Waals surface area (Å²) in [6.07, 6.45) is 5.77. The van der Waals surface area contributed by atoms with Gasteiger partial charge in [-0.3, -0.25) is 14.6 Å². The highest BCUT2D eigenvalue weighted by atomic mass is 16.1. The Bertz CT molecular complexity index is 443. The molecule has 0 aromatic carbocycles. The quantitative estimate of drug-likeness (QED) is 0.587. The number of carbonyl (C=O) groups excluding carboxylic acids is 1. The van der Waals surface area contributed by atoms with Crippen molar-refractivity contribution in [3.05, 3.63) is 0 Å². The van der Waals surface area contributed by atoms with Crippen molar-refractivity contribution >= 4 is 5.78 Å². The van der Waals surface area contributed by atoms with E-state index in [9.17, 15) is 4.79 Å². The lowest BCUT2D eigenvalue weighted by Gasteiger charge is -2.48. The molecule has 2 heterocycles. The van der Waals surface area contributed by atoms with Crippen molar-refractivity contribution in [1.29, 1.82) is 0 Å². The summed E-state index contributed by atoms with van der Waals surface area (Å²) in [5.74, 6) is 4.22. The lowest BCUT2D eigenvalue weighted by atomic mass is 9.81. The van der Waals surface area contributed by atoms with Crippen LogP contribution in [0.25, 0.3) is 0 Å². The molecule has 0 bridgehead atoms. The van der Waals surface area contributed by atoms with Gasteiger partial charge in [-0.15, -0.1) is 0 Å². The molecule has 0 spiro atoms. The first-order valence-corrected chi connectivity index (χ1v) is 11.8. The van der Waals surface area contributed by atoms with Gasteiger partial charge in [-0.1, -0.05) is 48.5 Å². The fourth-order valence-corrected chi connectivity index (χ4v) is 5.55. The maximum Gasteiger partial charge on any atom is 0.151 e. The molecule has 2 saturated heterocycles. The van der Waals surface area contributed by atoms with Crippen LogP contribution in [0.15, 0.2) is 0 Å². The Morgan fingerprint density at radius 3 is 1.52 bits per heavy atom. The van der Waals surface area contributed by atoms with E-state index in [0.717, 1.165) is 36.8 Å². The Balaban J connectivity index is 2.13. The molecule has 0 amide bonds. The number of piperidine rings is 2. The van der Waals surface area contributed by atoms with Gasteiger partial charge in [-0.05, 0) is 81.5 Å². The maximum absolute atomic E-state index is 13.1. The zero-order valence-electron chi connectivity index (χ0n) is 19.2. The fourth-order valence-electron chi connectivity index (χ4n) is 5.55. The molecule has 0 saturated carbocycles. The SMILES string of the molecule is CCC(=O)C(C(C(C)C)N1CCC(C(C)C)CC1)N1CCC(C(C)C)CC1. The Morgan fingerprint density at radius 1 is 0.778 bits per heavy atom. The number of rotatable bonds is 8. The number of likely N-dealkylation sites (tertiary alicyclic amines) is 2. The largest absolute Gasteiger partial charge is 0.298 e. The molecule has 3 nitrogen and oxygen atoms in total. The predicted octanol–water partition coefficient (Wildman–Crippen LogP) is 5.09.